The minimum atomic E-state index is -0.00977. The van der Waals surface area contributed by atoms with E-state index in [1.807, 2.05) is 37.3 Å². The maximum atomic E-state index is 5.67. The van der Waals surface area contributed by atoms with Crippen LogP contribution >= 0.6 is 11.8 Å². The fourth-order valence-electron chi connectivity index (χ4n) is 2.79. The molecule has 0 amide bonds. The number of hydrogen-bond donors (Lipinski definition) is 0. The average molecular weight is 358 g/mol. The molecule has 0 aliphatic carbocycles. The second kappa shape index (κ2) is 7.28. The van der Waals surface area contributed by atoms with Gasteiger partial charge in [-0.1, -0.05) is 30.0 Å². The molecule has 3 heterocycles. The zero-order chi connectivity index (χ0) is 17.1. The van der Waals surface area contributed by atoms with Gasteiger partial charge >= 0.3 is 0 Å². The Kier molecular flexibility index (Phi) is 4.70. The number of thioether (sulfide) groups is 1. The molecule has 4 rings (SSSR count). The summed E-state index contributed by atoms with van der Waals surface area (Å²) in [7, 11) is 0. The number of rotatable bonds is 6. The van der Waals surface area contributed by atoms with Gasteiger partial charge in [0, 0.05) is 6.61 Å². The molecular weight excluding hydrogens is 340 g/mol. The number of ether oxygens (including phenoxy) is 1. The van der Waals surface area contributed by atoms with Gasteiger partial charge in [-0.2, -0.15) is 4.68 Å². The Morgan fingerprint density at radius 2 is 2.04 bits per heavy atom. The van der Waals surface area contributed by atoms with E-state index in [9.17, 15) is 0 Å². The van der Waals surface area contributed by atoms with Crippen molar-refractivity contribution in [2.24, 2.45) is 0 Å². The van der Waals surface area contributed by atoms with Crippen molar-refractivity contribution in [3.8, 4) is 5.69 Å². The Balaban J connectivity index is 1.51. The number of nitrogens with zero attached hydrogens (tertiary/aromatic N) is 8. The molecule has 1 aliphatic rings. The number of para-hydroxylation sites is 1. The van der Waals surface area contributed by atoms with Crippen LogP contribution < -0.4 is 0 Å². The van der Waals surface area contributed by atoms with Gasteiger partial charge in [0.1, 0.15) is 0 Å². The van der Waals surface area contributed by atoms with Gasteiger partial charge in [-0.3, -0.25) is 0 Å². The van der Waals surface area contributed by atoms with Crippen molar-refractivity contribution < 1.29 is 4.74 Å². The fraction of sp³-hybridized carbons (Fsp3) is 0.467. The summed E-state index contributed by atoms with van der Waals surface area (Å²) in [5.74, 6) is 0.753. The van der Waals surface area contributed by atoms with Crippen LogP contribution in [0.15, 0.2) is 35.5 Å². The monoisotopic (exact) mass is 358 g/mol. The van der Waals surface area contributed by atoms with E-state index < -0.39 is 0 Å². The molecule has 2 aromatic heterocycles. The van der Waals surface area contributed by atoms with Crippen LogP contribution in [-0.4, -0.2) is 53.1 Å². The zero-order valence-corrected chi connectivity index (χ0v) is 14.6. The maximum Gasteiger partial charge on any atom is 0.210 e. The number of aromatic nitrogens is 8. The van der Waals surface area contributed by atoms with E-state index in [-0.39, 0.29) is 11.4 Å². The lowest BCUT2D eigenvalue weighted by molar-refractivity contribution is 0.0911. The third kappa shape index (κ3) is 3.54. The average Bonchev–Trinajstić information content (AvgIpc) is 3.38. The van der Waals surface area contributed by atoms with Gasteiger partial charge in [-0.25, -0.2) is 4.68 Å². The van der Waals surface area contributed by atoms with Crippen molar-refractivity contribution in [3.63, 3.8) is 0 Å². The van der Waals surface area contributed by atoms with Gasteiger partial charge in [-0.15, -0.1) is 10.2 Å². The Morgan fingerprint density at radius 1 is 1.20 bits per heavy atom. The maximum absolute atomic E-state index is 5.67. The molecule has 130 valence electrons. The molecular formula is C15H18N8OS. The molecule has 25 heavy (non-hydrogen) atoms. The number of tetrazole rings is 2. The van der Waals surface area contributed by atoms with Crippen LogP contribution in [-0.2, 0) is 11.3 Å². The van der Waals surface area contributed by atoms with E-state index in [2.05, 4.69) is 31.1 Å². The van der Waals surface area contributed by atoms with Gasteiger partial charge in [0.25, 0.3) is 0 Å². The van der Waals surface area contributed by atoms with Gasteiger partial charge in [-0.05, 0) is 52.8 Å². The van der Waals surface area contributed by atoms with Crippen molar-refractivity contribution in [1.82, 2.24) is 40.4 Å². The highest BCUT2D eigenvalue weighted by Gasteiger charge is 2.23. The molecule has 3 aromatic rings. The predicted octanol–water partition coefficient (Wildman–Crippen LogP) is 1.68. The second-order valence-electron chi connectivity index (χ2n) is 5.82. The van der Waals surface area contributed by atoms with E-state index in [0.29, 0.717) is 6.54 Å². The summed E-state index contributed by atoms with van der Waals surface area (Å²) in [6.45, 7) is 3.53. The first-order chi connectivity index (χ1) is 12.3. The van der Waals surface area contributed by atoms with Crippen molar-refractivity contribution in [2.45, 2.75) is 42.8 Å². The predicted molar refractivity (Wildman–Crippen MR) is 90.2 cm³/mol. The Hall–Kier alpha value is -2.33. The van der Waals surface area contributed by atoms with Crippen LogP contribution in [0.5, 0.6) is 0 Å². The van der Waals surface area contributed by atoms with Crippen LogP contribution in [0.4, 0.5) is 0 Å². The lowest BCUT2D eigenvalue weighted by Crippen LogP contribution is -2.17. The standard InChI is InChI=1S/C15H18N8OS/c1-11(14-16-18-21-23(14)12-6-3-2-4-7-12)25-15-17-19-20-22(15)10-13-8-5-9-24-13/h2-4,6-7,11,13H,5,8-10H2,1H3/t11-,13+/m0/s1. The molecule has 1 saturated heterocycles. The van der Waals surface area contributed by atoms with Crippen molar-refractivity contribution in [1.29, 1.82) is 0 Å². The van der Waals surface area contributed by atoms with Crippen molar-refractivity contribution in [2.75, 3.05) is 6.61 Å². The third-order valence-corrected chi connectivity index (χ3v) is 5.11. The molecule has 0 radical (unpaired) electrons. The Labute approximate surface area is 148 Å². The minimum Gasteiger partial charge on any atom is -0.376 e. The molecule has 0 N–H and O–H groups in total. The molecule has 0 unspecified atom stereocenters. The van der Waals surface area contributed by atoms with Crippen LogP contribution in [0.1, 0.15) is 30.8 Å². The molecule has 1 fully saturated rings. The summed E-state index contributed by atoms with van der Waals surface area (Å²) >= 11 is 1.53. The topological polar surface area (TPSA) is 96.4 Å². The molecule has 0 bridgehead atoms. The van der Waals surface area contributed by atoms with Crippen LogP contribution in [0, 0.1) is 0 Å². The van der Waals surface area contributed by atoms with Gasteiger partial charge in [0.2, 0.25) is 5.16 Å². The van der Waals surface area contributed by atoms with E-state index in [1.165, 1.54) is 11.8 Å². The highest BCUT2D eigenvalue weighted by atomic mass is 32.2. The summed E-state index contributed by atoms with van der Waals surface area (Å²) < 4.78 is 9.21. The smallest absolute Gasteiger partial charge is 0.210 e. The molecule has 1 aliphatic heterocycles. The largest absolute Gasteiger partial charge is 0.376 e. The summed E-state index contributed by atoms with van der Waals surface area (Å²) in [5.41, 5.74) is 0.925. The first-order valence-corrected chi connectivity index (χ1v) is 9.07. The molecule has 2 atom stereocenters. The number of hydrogen-bond acceptors (Lipinski definition) is 8. The van der Waals surface area contributed by atoms with Crippen LogP contribution in [0.25, 0.3) is 5.69 Å². The van der Waals surface area contributed by atoms with Crippen molar-refractivity contribution >= 4 is 11.8 Å². The normalized spacial score (nSPS) is 18.5. The first-order valence-electron chi connectivity index (χ1n) is 8.19. The van der Waals surface area contributed by atoms with E-state index >= 15 is 0 Å². The molecule has 10 heteroatoms. The quantitative estimate of drug-likeness (QED) is 0.614. The zero-order valence-electron chi connectivity index (χ0n) is 13.8. The Morgan fingerprint density at radius 3 is 2.84 bits per heavy atom. The second-order valence-corrected chi connectivity index (χ2v) is 7.13. The molecule has 1 aromatic carbocycles. The molecule has 0 spiro atoms. The lowest BCUT2D eigenvalue weighted by atomic mass is 10.2. The highest BCUT2D eigenvalue weighted by molar-refractivity contribution is 7.99. The third-order valence-electron chi connectivity index (χ3n) is 4.04. The number of benzene rings is 1. The van der Waals surface area contributed by atoms with E-state index in [0.717, 1.165) is 36.1 Å². The fourth-order valence-corrected chi connectivity index (χ4v) is 3.67. The van der Waals surface area contributed by atoms with Gasteiger partial charge in [0.05, 0.1) is 23.6 Å². The van der Waals surface area contributed by atoms with Gasteiger partial charge < -0.3 is 4.74 Å². The van der Waals surface area contributed by atoms with Crippen molar-refractivity contribution in [3.05, 3.63) is 36.2 Å². The highest BCUT2D eigenvalue weighted by Crippen LogP contribution is 2.32. The lowest BCUT2D eigenvalue weighted by Gasteiger charge is -2.13. The summed E-state index contributed by atoms with van der Waals surface area (Å²) in [4.78, 5) is 0. The summed E-state index contributed by atoms with van der Waals surface area (Å²) in [6.07, 6.45) is 2.33. The van der Waals surface area contributed by atoms with Crippen LogP contribution in [0.3, 0.4) is 0 Å². The van der Waals surface area contributed by atoms with E-state index in [1.54, 1.807) is 9.36 Å². The van der Waals surface area contributed by atoms with Gasteiger partial charge in [0.15, 0.2) is 5.82 Å². The van der Waals surface area contributed by atoms with E-state index in [4.69, 9.17) is 4.74 Å². The Bertz CT molecular complexity index is 814. The summed E-state index contributed by atoms with van der Waals surface area (Å²) in [5, 5.41) is 24.9. The first kappa shape index (κ1) is 16.2. The SMILES string of the molecule is C[C@H](Sc1nnnn1C[C@H]1CCCO1)c1nnnn1-c1ccccc1. The van der Waals surface area contributed by atoms with Crippen LogP contribution in [0.2, 0.25) is 0 Å². The molecule has 9 nitrogen and oxygen atoms in total. The molecule has 0 saturated carbocycles. The summed E-state index contributed by atoms with van der Waals surface area (Å²) in [6, 6.07) is 9.82. The minimum absolute atomic E-state index is 0.00977.